The molecular weight excluding hydrogens is 222 g/mol. The summed E-state index contributed by atoms with van der Waals surface area (Å²) in [6, 6.07) is 3.29. The van der Waals surface area contributed by atoms with Crippen molar-refractivity contribution in [2.75, 3.05) is 11.1 Å². The van der Waals surface area contributed by atoms with Gasteiger partial charge in [0.05, 0.1) is 16.5 Å². The maximum atomic E-state index is 11.1. The summed E-state index contributed by atoms with van der Waals surface area (Å²) in [5, 5.41) is 3.10. The molecule has 2 rings (SSSR count). The first-order valence-corrected chi connectivity index (χ1v) is 5.28. The molecule has 0 aromatic heterocycles. The molecule has 5 heteroatoms. The first-order valence-electron chi connectivity index (χ1n) is 3.92. The number of benzene rings is 1. The van der Waals surface area contributed by atoms with Crippen molar-refractivity contribution in [3.05, 3.63) is 22.7 Å². The molecular formula is C9H6ClNO2S. The van der Waals surface area contributed by atoms with Crippen LogP contribution in [0.1, 0.15) is 10.4 Å². The minimum Gasteiger partial charge on any atom is -0.324 e. The minimum absolute atomic E-state index is 0.0540. The van der Waals surface area contributed by atoms with Gasteiger partial charge in [0.25, 0.3) is 0 Å². The number of anilines is 1. The fourth-order valence-electron chi connectivity index (χ4n) is 1.21. The van der Waals surface area contributed by atoms with Crippen LogP contribution in [-0.2, 0) is 4.79 Å². The van der Waals surface area contributed by atoms with Gasteiger partial charge in [-0.15, -0.1) is 11.8 Å². The third-order valence-electron chi connectivity index (χ3n) is 1.86. The molecule has 0 bridgehead atoms. The monoisotopic (exact) mass is 227 g/mol. The number of aldehydes is 1. The van der Waals surface area contributed by atoms with Crippen molar-refractivity contribution in [2.45, 2.75) is 4.90 Å². The molecule has 0 saturated heterocycles. The van der Waals surface area contributed by atoms with Crippen LogP contribution in [0.25, 0.3) is 0 Å². The van der Waals surface area contributed by atoms with E-state index < -0.39 is 0 Å². The SMILES string of the molecule is O=Cc1cc2c(cc1Cl)SCC(=O)N2. The number of rotatable bonds is 1. The molecule has 1 amide bonds. The molecule has 0 fully saturated rings. The Morgan fingerprint density at radius 3 is 3.00 bits per heavy atom. The summed E-state index contributed by atoms with van der Waals surface area (Å²) in [5.41, 5.74) is 1.06. The molecule has 0 radical (unpaired) electrons. The predicted molar refractivity (Wildman–Crippen MR) is 56.2 cm³/mol. The Hall–Kier alpha value is -1.00. The van der Waals surface area contributed by atoms with Crippen molar-refractivity contribution in [2.24, 2.45) is 0 Å². The fourth-order valence-corrected chi connectivity index (χ4v) is 2.31. The van der Waals surface area contributed by atoms with Crippen molar-refractivity contribution in [3.63, 3.8) is 0 Å². The van der Waals surface area contributed by atoms with E-state index in [1.165, 1.54) is 11.8 Å². The van der Waals surface area contributed by atoms with E-state index in [0.29, 0.717) is 28.3 Å². The van der Waals surface area contributed by atoms with E-state index in [1.54, 1.807) is 12.1 Å². The van der Waals surface area contributed by atoms with Crippen LogP contribution in [0.4, 0.5) is 5.69 Å². The number of carbonyl (C=O) groups is 2. The summed E-state index contributed by atoms with van der Waals surface area (Å²) in [6.07, 6.45) is 0.675. The number of hydrogen-bond acceptors (Lipinski definition) is 3. The van der Waals surface area contributed by atoms with E-state index in [2.05, 4.69) is 5.32 Å². The zero-order valence-corrected chi connectivity index (χ0v) is 8.61. The zero-order valence-electron chi connectivity index (χ0n) is 7.04. The van der Waals surface area contributed by atoms with Gasteiger partial charge in [0.1, 0.15) is 0 Å². The second-order valence-corrected chi connectivity index (χ2v) is 4.25. The average Bonchev–Trinajstić information content (AvgIpc) is 2.17. The maximum absolute atomic E-state index is 11.1. The lowest BCUT2D eigenvalue weighted by Gasteiger charge is -2.16. The van der Waals surface area contributed by atoms with Gasteiger partial charge in [-0.05, 0) is 12.1 Å². The minimum atomic E-state index is -0.0540. The molecule has 1 aromatic rings. The van der Waals surface area contributed by atoms with Crippen LogP contribution in [-0.4, -0.2) is 17.9 Å². The molecule has 72 valence electrons. The second kappa shape index (κ2) is 3.63. The van der Waals surface area contributed by atoms with Crippen LogP contribution in [0.2, 0.25) is 5.02 Å². The molecule has 1 N–H and O–H groups in total. The number of amides is 1. The first kappa shape index (κ1) is 9.55. The van der Waals surface area contributed by atoms with E-state index in [0.717, 1.165) is 4.90 Å². The van der Waals surface area contributed by atoms with Gasteiger partial charge in [-0.25, -0.2) is 0 Å². The van der Waals surface area contributed by atoms with Crippen molar-refractivity contribution >= 4 is 41.2 Å². The Labute approximate surface area is 89.8 Å². The lowest BCUT2D eigenvalue weighted by Crippen LogP contribution is -2.18. The van der Waals surface area contributed by atoms with E-state index in [-0.39, 0.29) is 5.91 Å². The quantitative estimate of drug-likeness (QED) is 0.749. The van der Waals surface area contributed by atoms with Crippen LogP contribution < -0.4 is 5.32 Å². The van der Waals surface area contributed by atoms with Gasteiger partial charge in [-0.2, -0.15) is 0 Å². The van der Waals surface area contributed by atoms with Crippen LogP contribution in [0.3, 0.4) is 0 Å². The number of thioether (sulfide) groups is 1. The molecule has 1 aromatic carbocycles. The fraction of sp³-hybridized carbons (Fsp3) is 0.111. The Kier molecular flexibility index (Phi) is 2.48. The van der Waals surface area contributed by atoms with E-state index >= 15 is 0 Å². The van der Waals surface area contributed by atoms with Crippen LogP contribution in [0.15, 0.2) is 17.0 Å². The van der Waals surface area contributed by atoms with E-state index in [1.807, 2.05) is 0 Å². The average molecular weight is 228 g/mol. The van der Waals surface area contributed by atoms with Crippen molar-refractivity contribution in [3.8, 4) is 0 Å². The Morgan fingerprint density at radius 2 is 2.29 bits per heavy atom. The highest BCUT2D eigenvalue weighted by molar-refractivity contribution is 8.00. The number of hydrogen-bond donors (Lipinski definition) is 1. The summed E-state index contributed by atoms with van der Waals surface area (Å²) in [7, 11) is 0. The summed E-state index contributed by atoms with van der Waals surface area (Å²) >= 11 is 7.26. The molecule has 0 unspecified atom stereocenters. The van der Waals surface area contributed by atoms with Gasteiger partial charge in [-0.3, -0.25) is 9.59 Å². The van der Waals surface area contributed by atoms with Crippen LogP contribution >= 0.6 is 23.4 Å². The smallest absolute Gasteiger partial charge is 0.234 e. The molecule has 14 heavy (non-hydrogen) atoms. The largest absolute Gasteiger partial charge is 0.324 e. The molecule has 0 spiro atoms. The molecule has 1 heterocycles. The van der Waals surface area contributed by atoms with Gasteiger partial charge in [0.2, 0.25) is 5.91 Å². The first-order chi connectivity index (χ1) is 6.70. The van der Waals surface area contributed by atoms with Crippen molar-refractivity contribution < 1.29 is 9.59 Å². The lowest BCUT2D eigenvalue weighted by molar-refractivity contribution is -0.113. The number of fused-ring (bicyclic) bond motifs is 1. The standard InChI is InChI=1S/C9H6ClNO2S/c10-6-2-8-7(1-5(6)3-12)11-9(13)4-14-8/h1-3H,4H2,(H,11,13). The summed E-state index contributed by atoms with van der Waals surface area (Å²) in [5.74, 6) is 0.339. The van der Waals surface area contributed by atoms with Crippen LogP contribution in [0, 0.1) is 0 Å². The van der Waals surface area contributed by atoms with Gasteiger partial charge in [0.15, 0.2) is 6.29 Å². The second-order valence-electron chi connectivity index (χ2n) is 2.82. The highest BCUT2D eigenvalue weighted by Gasteiger charge is 2.17. The predicted octanol–water partition coefficient (Wildman–Crippen LogP) is 2.20. The van der Waals surface area contributed by atoms with Crippen LogP contribution in [0.5, 0.6) is 0 Å². The molecule has 0 saturated carbocycles. The van der Waals surface area contributed by atoms with Gasteiger partial charge in [-0.1, -0.05) is 11.6 Å². The Bertz CT molecular complexity index is 420. The lowest BCUT2D eigenvalue weighted by atomic mass is 10.2. The Morgan fingerprint density at radius 1 is 1.50 bits per heavy atom. The molecule has 0 atom stereocenters. The third-order valence-corrected chi connectivity index (χ3v) is 3.24. The van der Waals surface area contributed by atoms with E-state index in [4.69, 9.17) is 11.6 Å². The molecule has 1 aliphatic rings. The normalized spacial score (nSPS) is 14.5. The van der Waals surface area contributed by atoms with Gasteiger partial charge in [0, 0.05) is 10.5 Å². The Balaban J connectivity index is 2.51. The van der Waals surface area contributed by atoms with Gasteiger partial charge >= 0.3 is 0 Å². The number of halogens is 1. The summed E-state index contributed by atoms with van der Waals surface area (Å²) in [6.45, 7) is 0. The molecule has 3 nitrogen and oxygen atoms in total. The number of nitrogens with one attached hydrogen (secondary N) is 1. The van der Waals surface area contributed by atoms with Crippen molar-refractivity contribution in [1.29, 1.82) is 0 Å². The van der Waals surface area contributed by atoms with Gasteiger partial charge < -0.3 is 5.32 Å². The summed E-state index contributed by atoms with van der Waals surface area (Å²) < 4.78 is 0. The van der Waals surface area contributed by atoms with E-state index in [9.17, 15) is 9.59 Å². The molecule has 1 aliphatic heterocycles. The maximum Gasteiger partial charge on any atom is 0.234 e. The topological polar surface area (TPSA) is 46.2 Å². The highest BCUT2D eigenvalue weighted by Crippen LogP contribution is 2.34. The van der Waals surface area contributed by atoms with Crippen molar-refractivity contribution in [1.82, 2.24) is 0 Å². The summed E-state index contributed by atoms with van der Waals surface area (Å²) in [4.78, 5) is 22.6. The molecule has 0 aliphatic carbocycles. The number of carbonyl (C=O) groups excluding carboxylic acids is 2. The highest BCUT2D eigenvalue weighted by atomic mass is 35.5. The third kappa shape index (κ3) is 1.63. The zero-order chi connectivity index (χ0) is 10.1.